The summed E-state index contributed by atoms with van der Waals surface area (Å²) in [4.78, 5) is 0. The third-order valence-corrected chi connectivity index (χ3v) is 5.91. The van der Waals surface area contributed by atoms with Crippen molar-refractivity contribution in [2.45, 2.75) is 64.4 Å². The highest BCUT2D eigenvalue weighted by atomic mass is 16.5. The van der Waals surface area contributed by atoms with Crippen molar-refractivity contribution in [2.75, 3.05) is 6.61 Å². The molecule has 0 unspecified atom stereocenters. The quantitative estimate of drug-likeness (QED) is 0.331. The van der Waals surface area contributed by atoms with Crippen LogP contribution in [0.5, 0.6) is 0 Å². The Hall–Kier alpha value is -1.86. The molecule has 0 aromatic heterocycles. The molecule has 1 heteroatoms. The number of allylic oxidation sites excluding steroid dienone is 1. The van der Waals surface area contributed by atoms with Crippen LogP contribution in [0.1, 0.15) is 68.9 Å². The molecule has 1 saturated carbocycles. The van der Waals surface area contributed by atoms with E-state index in [0.717, 1.165) is 24.9 Å². The van der Waals surface area contributed by atoms with Crippen LogP contribution in [0.25, 0.3) is 11.1 Å². The first-order chi connectivity index (χ1) is 13.3. The lowest BCUT2D eigenvalue weighted by molar-refractivity contribution is 0.121. The summed E-state index contributed by atoms with van der Waals surface area (Å²) in [6.45, 7) is 7.54. The largest absolute Gasteiger partial charge is 0.377 e. The number of hydrogen-bond donors (Lipinski definition) is 0. The van der Waals surface area contributed by atoms with Gasteiger partial charge in [0.15, 0.2) is 0 Å². The maximum atomic E-state index is 5.62. The summed E-state index contributed by atoms with van der Waals surface area (Å²) in [7, 11) is 0. The summed E-state index contributed by atoms with van der Waals surface area (Å²) in [6, 6.07) is 18.1. The fraction of sp³-hybridized carbons (Fsp3) is 0.462. The van der Waals surface area contributed by atoms with Crippen LogP contribution < -0.4 is 0 Å². The third kappa shape index (κ3) is 5.81. The van der Waals surface area contributed by atoms with Gasteiger partial charge in [-0.3, -0.25) is 0 Å². The van der Waals surface area contributed by atoms with E-state index in [9.17, 15) is 0 Å². The predicted octanol–water partition coefficient (Wildman–Crippen LogP) is 7.52. The SMILES string of the molecule is C=CCC[C@H]1CC[C@H](c2ccc(-c3ccc(COCCC)cc3)cc2)CC1. The zero-order chi connectivity index (χ0) is 18.9. The summed E-state index contributed by atoms with van der Waals surface area (Å²) in [6.07, 6.45) is 11.1. The highest BCUT2D eigenvalue weighted by Crippen LogP contribution is 2.38. The Balaban J connectivity index is 1.55. The summed E-state index contributed by atoms with van der Waals surface area (Å²) in [5.74, 6) is 1.66. The van der Waals surface area contributed by atoms with Crippen LogP contribution in [-0.2, 0) is 11.3 Å². The second-order valence-electron chi connectivity index (χ2n) is 7.96. The fourth-order valence-electron chi connectivity index (χ4n) is 4.21. The second-order valence-corrected chi connectivity index (χ2v) is 7.96. The molecule has 0 spiro atoms. The van der Waals surface area contributed by atoms with Crippen LogP contribution in [0.15, 0.2) is 61.2 Å². The third-order valence-electron chi connectivity index (χ3n) is 5.91. The van der Waals surface area contributed by atoms with Gasteiger partial charge in [0.05, 0.1) is 6.61 Å². The van der Waals surface area contributed by atoms with E-state index in [1.54, 1.807) is 0 Å². The number of rotatable bonds is 9. The molecular formula is C26H34O. The van der Waals surface area contributed by atoms with E-state index in [2.05, 4.69) is 68.1 Å². The van der Waals surface area contributed by atoms with Crippen molar-refractivity contribution in [3.63, 3.8) is 0 Å². The van der Waals surface area contributed by atoms with Crippen LogP contribution in [0.3, 0.4) is 0 Å². The summed E-state index contributed by atoms with van der Waals surface area (Å²) in [5, 5.41) is 0. The van der Waals surface area contributed by atoms with Crippen molar-refractivity contribution in [3.05, 3.63) is 72.3 Å². The Bertz CT molecular complexity index is 675. The molecule has 1 aliphatic carbocycles. The van der Waals surface area contributed by atoms with Crippen molar-refractivity contribution < 1.29 is 4.74 Å². The van der Waals surface area contributed by atoms with Crippen LogP contribution >= 0.6 is 0 Å². The van der Waals surface area contributed by atoms with Gasteiger partial charge in [0.1, 0.15) is 0 Å². The van der Waals surface area contributed by atoms with Crippen LogP contribution in [0, 0.1) is 5.92 Å². The molecule has 2 aromatic rings. The van der Waals surface area contributed by atoms with E-state index >= 15 is 0 Å². The van der Waals surface area contributed by atoms with Gasteiger partial charge in [-0.25, -0.2) is 0 Å². The number of ether oxygens (including phenoxy) is 1. The fourth-order valence-corrected chi connectivity index (χ4v) is 4.21. The molecule has 0 atom stereocenters. The molecule has 0 saturated heterocycles. The van der Waals surface area contributed by atoms with E-state index in [1.165, 1.54) is 60.8 Å². The number of hydrogen-bond acceptors (Lipinski definition) is 1. The lowest BCUT2D eigenvalue weighted by Crippen LogP contribution is -2.13. The molecule has 0 heterocycles. The topological polar surface area (TPSA) is 9.23 Å². The summed E-state index contributed by atoms with van der Waals surface area (Å²) >= 11 is 0. The Kier molecular flexibility index (Phi) is 7.71. The van der Waals surface area contributed by atoms with Gasteiger partial charge in [-0.1, -0.05) is 61.5 Å². The molecule has 1 aliphatic rings. The predicted molar refractivity (Wildman–Crippen MR) is 116 cm³/mol. The van der Waals surface area contributed by atoms with Crippen molar-refractivity contribution >= 4 is 0 Å². The average Bonchev–Trinajstić information content (AvgIpc) is 2.73. The lowest BCUT2D eigenvalue weighted by atomic mass is 9.77. The molecule has 0 N–H and O–H groups in total. The van der Waals surface area contributed by atoms with Crippen LogP contribution in [0.4, 0.5) is 0 Å². The normalized spacial score (nSPS) is 19.7. The minimum absolute atomic E-state index is 0.711. The minimum atomic E-state index is 0.711. The zero-order valence-electron chi connectivity index (χ0n) is 16.8. The van der Waals surface area contributed by atoms with E-state index < -0.39 is 0 Å². The first kappa shape index (κ1) is 19.9. The van der Waals surface area contributed by atoms with Crippen LogP contribution in [0.2, 0.25) is 0 Å². The summed E-state index contributed by atoms with van der Waals surface area (Å²) < 4.78 is 5.62. The van der Waals surface area contributed by atoms with E-state index in [-0.39, 0.29) is 0 Å². The van der Waals surface area contributed by atoms with E-state index in [0.29, 0.717) is 6.61 Å². The minimum Gasteiger partial charge on any atom is -0.377 e. The van der Waals surface area contributed by atoms with Gasteiger partial charge in [0.25, 0.3) is 0 Å². The van der Waals surface area contributed by atoms with Gasteiger partial charge >= 0.3 is 0 Å². The Morgan fingerprint density at radius 1 is 0.926 bits per heavy atom. The first-order valence-electron chi connectivity index (χ1n) is 10.7. The van der Waals surface area contributed by atoms with Crippen molar-refractivity contribution in [2.24, 2.45) is 5.92 Å². The van der Waals surface area contributed by atoms with E-state index in [4.69, 9.17) is 4.74 Å². The number of benzene rings is 2. The zero-order valence-corrected chi connectivity index (χ0v) is 16.8. The standard InChI is InChI=1S/C26H34O/c1-3-5-6-21-7-11-23(12-8-21)25-15-17-26(18-16-25)24-13-9-22(10-14-24)20-27-19-4-2/h3,9-10,13-18,21,23H,1,4-8,11-12,19-20H2,2H3/t21-,23-. The van der Waals surface area contributed by atoms with E-state index in [1.807, 2.05) is 0 Å². The molecule has 3 rings (SSSR count). The molecule has 0 radical (unpaired) electrons. The van der Waals surface area contributed by atoms with Crippen molar-refractivity contribution in [1.82, 2.24) is 0 Å². The van der Waals surface area contributed by atoms with Gasteiger partial charge in [0, 0.05) is 6.61 Å². The molecule has 0 aliphatic heterocycles. The van der Waals surface area contributed by atoms with Gasteiger partial charge in [-0.05, 0) is 79.0 Å². The van der Waals surface area contributed by atoms with Gasteiger partial charge in [-0.2, -0.15) is 0 Å². The monoisotopic (exact) mass is 362 g/mol. The Morgan fingerprint density at radius 2 is 1.56 bits per heavy atom. The first-order valence-corrected chi connectivity index (χ1v) is 10.7. The van der Waals surface area contributed by atoms with Gasteiger partial charge in [0.2, 0.25) is 0 Å². The molecule has 0 bridgehead atoms. The Morgan fingerprint density at radius 3 is 2.15 bits per heavy atom. The highest BCUT2D eigenvalue weighted by Gasteiger charge is 2.21. The molecule has 27 heavy (non-hydrogen) atoms. The second kappa shape index (κ2) is 10.5. The molecule has 2 aromatic carbocycles. The van der Waals surface area contributed by atoms with Crippen LogP contribution in [-0.4, -0.2) is 6.61 Å². The molecule has 0 amide bonds. The summed E-state index contributed by atoms with van der Waals surface area (Å²) in [5.41, 5.74) is 5.36. The Labute approximate surface area is 165 Å². The maximum absolute atomic E-state index is 5.62. The van der Waals surface area contributed by atoms with Gasteiger partial charge in [-0.15, -0.1) is 6.58 Å². The maximum Gasteiger partial charge on any atom is 0.0716 e. The van der Waals surface area contributed by atoms with Crippen molar-refractivity contribution in [1.29, 1.82) is 0 Å². The highest BCUT2D eigenvalue weighted by molar-refractivity contribution is 5.64. The molecule has 1 nitrogen and oxygen atoms in total. The smallest absolute Gasteiger partial charge is 0.0716 e. The van der Waals surface area contributed by atoms with Crippen molar-refractivity contribution in [3.8, 4) is 11.1 Å². The lowest BCUT2D eigenvalue weighted by Gasteiger charge is -2.28. The van der Waals surface area contributed by atoms with Gasteiger partial charge < -0.3 is 4.74 Å². The molecule has 144 valence electrons. The molecule has 1 fully saturated rings. The molecular weight excluding hydrogens is 328 g/mol. The average molecular weight is 363 g/mol.